The number of piperidine rings is 1. The molecule has 0 aliphatic carbocycles. The Balaban J connectivity index is 1.46. The van der Waals surface area contributed by atoms with Gasteiger partial charge in [0.05, 0.1) is 17.8 Å². The first-order chi connectivity index (χ1) is 13.7. The minimum Gasteiger partial charge on any atom is -0.376 e. The van der Waals surface area contributed by atoms with E-state index in [1.165, 1.54) is 23.5 Å². The molecule has 2 aromatic rings. The number of anilines is 2. The van der Waals surface area contributed by atoms with E-state index >= 15 is 0 Å². The maximum atomic E-state index is 12.8. The Hall–Kier alpha value is -2.62. The molecule has 1 aliphatic rings. The number of amides is 2. The van der Waals surface area contributed by atoms with Crippen LogP contribution in [0, 0.1) is 12.8 Å². The summed E-state index contributed by atoms with van der Waals surface area (Å²) in [5, 5.41) is 7.97. The highest BCUT2D eigenvalue weighted by molar-refractivity contribution is 7.13. The molecular formula is C19H21F3N4O2S. The van der Waals surface area contributed by atoms with E-state index in [1.807, 2.05) is 12.3 Å². The van der Waals surface area contributed by atoms with Gasteiger partial charge in [0.25, 0.3) is 0 Å². The summed E-state index contributed by atoms with van der Waals surface area (Å²) in [7, 11) is 0. The number of hydrogen-bond acceptors (Lipinski definition) is 5. The molecule has 2 heterocycles. The normalized spacial score (nSPS) is 15.2. The smallest absolute Gasteiger partial charge is 0.376 e. The Morgan fingerprint density at radius 3 is 2.62 bits per heavy atom. The number of likely N-dealkylation sites (tertiary alicyclic amines) is 1. The summed E-state index contributed by atoms with van der Waals surface area (Å²) in [5.74, 6) is -0.509. The Kier molecular flexibility index (Phi) is 6.41. The first kappa shape index (κ1) is 21.1. The molecule has 0 radical (unpaired) electrons. The molecule has 0 unspecified atom stereocenters. The van der Waals surface area contributed by atoms with Crippen LogP contribution >= 0.6 is 11.3 Å². The van der Waals surface area contributed by atoms with Gasteiger partial charge < -0.3 is 15.5 Å². The van der Waals surface area contributed by atoms with Crippen molar-refractivity contribution in [3.05, 3.63) is 40.9 Å². The molecule has 3 rings (SSSR count). The topological polar surface area (TPSA) is 74.3 Å². The van der Waals surface area contributed by atoms with E-state index in [9.17, 15) is 22.8 Å². The van der Waals surface area contributed by atoms with Gasteiger partial charge in [-0.05, 0) is 38.0 Å². The summed E-state index contributed by atoms with van der Waals surface area (Å²) < 4.78 is 38.3. The average molecular weight is 426 g/mol. The second-order valence-electron chi connectivity index (χ2n) is 6.87. The highest BCUT2D eigenvalue weighted by atomic mass is 32.1. The van der Waals surface area contributed by atoms with Crippen LogP contribution in [0.3, 0.4) is 0 Å². The number of benzene rings is 1. The number of rotatable bonds is 5. The van der Waals surface area contributed by atoms with Crippen molar-refractivity contribution in [1.29, 1.82) is 0 Å². The Morgan fingerprint density at radius 1 is 1.28 bits per heavy atom. The van der Waals surface area contributed by atoms with Gasteiger partial charge in [-0.25, -0.2) is 4.98 Å². The van der Waals surface area contributed by atoms with Crippen LogP contribution in [-0.4, -0.2) is 41.3 Å². The fourth-order valence-electron chi connectivity index (χ4n) is 3.10. The number of hydrogen-bond donors (Lipinski definition) is 2. The quantitative estimate of drug-likeness (QED) is 0.764. The molecule has 6 nitrogen and oxygen atoms in total. The number of nitrogens with one attached hydrogen (secondary N) is 2. The van der Waals surface area contributed by atoms with Crippen LogP contribution in [-0.2, 0) is 15.8 Å². The fourth-order valence-corrected chi connectivity index (χ4v) is 3.80. The van der Waals surface area contributed by atoms with Gasteiger partial charge in [-0.1, -0.05) is 6.07 Å². The molecule has 2 amide bonds. The molecule has 1 aromatic carbocycles. The maximum absolute atomic E-state index is 12.8. The van der Waals surface area contributed by atoms with Gasteiger partial charge in [0.15, 0.2) is 5.13 Å². The van der Waals surface area contributed by atoms with E-state index in [2.05, 4.69) is 15.6 Å². The fraction of sp³-hybridized carbons (Fsp3) is 0.421. The van der Waals surface area contributed by atoms with Crippen molar-refractivity contribution in [2.75, 3.05) is 30.3 Å². The zero-order valence-corrected chi connectivity index (χ0v) is 16.6. The zero-order chi connectivity index (χ0) is 21.0. The van der Waals surface area contributed by atoms with Crippen LogP contribution in [0.15, 0.2) is 29.6 Å². The number of alkyl halides is 3. The molecule has 10 heteroatoms. The Bertz CT molecular complexity index is 876. The number of carbonyl (C=O) groups is 2. The average Bonchev–Trinajstić information content (AvgIpc) is 3.10. The van der Waals surface area contributed by atoms with E-state index in [-0.39, 0.29) is 30.0 Å². The van der Waals surface area contributed by atoms with Gasteiger partial charge in [0.1, 0.15) is 0 Å². The van der Waals surface area contributed by atoms with Gasteiger partial charge in [0, 0.05) is 30.1 Å². The lowest BCUT2D eigenvalue weighted by molar-refractivity contribution is -0.137. The minimum absolute atomic E-state index is 0.101. The maximum Gasteiger partial charge on any atom is 0.416 e. The lowest BCUT2D eigenvalue weighted by Crippen LogP contribution is -2.43. The third kappa shape index (κ3) is 5.69. The predicted octanol–water partition coefficient (Wildman–Crippen LogP) is 3.76. The molecule has 1 aromatic heterocycles. The van der Waals surface area contributed by atoms with Crippen molar-refractivity contribution >= 4 is 34.0 Å². The lowest BCUT2D eigenvalue weighted by Gasteiger charge is -2.31. The van der Waals surface area contributed by atoms with Crippen LogP contribution < -0.4 is 10.6 Å². The number of halogens is 3. The molecule has 1 saturated heterocycles. The SMILES string of the molecule is Cc1csc(NC(=O)C2CCN(C(=O)CNc3cccc(C(F)(F)F)c3)CC2)n1. The van der Waals surface area contributed by atoms with Crippen molar-refractivity contribution in [2.24, 2.45) is 5.92 Å². The van der Waals surface area contributed by atoms with E-state index in [0.717, 1.165) is 17.8 Å². The predicted molar refractivity (Wildman–Crippen MR) is 105 cm³/mol. The first-order valence-corrected chi connectivity index (χ1v) is 10.0. The molecule has 2 N–H and O–H groups in total. The van der Waals surface area contributed by atoms with E-state index in [4.69, 9.17) is 0 Å². The first-order valence-electron chi connectivity index (χ1n) is 9.14. The summed E-state index contributed by atoms with van der Waals surface area (Å²) in [6.07, 6.45) is -3.36. The number of aryl methyl sites for hydroxylation is 1. The largest absolute Gasteiger partial charge is 0.416 e. The van der Waals surface area contributed by atoms with E-state index in [0.29, 0.717) is 31.1 Å². The molecule has 0 spiro atoms. The summed E-state index contributed by atoms with van der Waals surface area (Å²) in [4.78, 5) is 30.5. The Morgan fingerprint density at radius 2 is 2.00 bits per heavy atom. The molecule has 29 heavy (non-hydrogen) atoms. The summed E-state index contributed by atoms with van der Waals surface area (Å²) in [6.45, 7) is 2.61. The van der Waals surface area contributed by atoms with Crippen molar-refractivity contribution < 1.29 is 22.8 Å². The standard InChI is InChI=1S/C19H21F3N4O2S/c1-12-11-29-18(24-12)25-17(28)13-5-7-26(8-6-13)16(27)10-23-15-4-2-3-14(9-15)19(20,21)22/h2-4,9,11,13,23H,5-8,10H2,1H3,(H,24,25,28). The number of aromatic nitrogens is 1. The van der Waals surface area contributed by atoms with Crippen LogP contribution in [0.5, 0.6) is 0 Å². The minimum atomic E-state index is -4.43. The molecule has 1 aliphatic heterocycles. The Labute approximate surface area is 170 Å². The molecule has 1 fully saturated rings. The van der Waals surface area contributed by atoms with Gasteiger partial charge in [-0.2, -0.15) is 13.2 Å². The van der Waals surface area contributed by atoms with Gasteiger partial charge >= 0.3 is 6.18 Å². The summed E-state index contributed by atoms with van der Waals surface area (Å²) >= 11 is 1.37. The third-order valence-electron chi connectivity index (χ3n) is 4.70. The highest BCUT2D eigenvalue weighted by Crippen LogP contribution is 2.30. The van der Waals surface area contributed by atoms with Crippen molar-refractivity contribution in [3.63, 3.8) is 0 Å². The van der Waals surface area contributed by atoms with Crippen LogP contribution in [0.4, 0.5) is 24.0 Å². The molecule has 0 bridgehead atoms. The summed E-state index contributed by atoms with van der Waals surface area (Å²) in [5.41, 5.74) is 0.317. The molecule has 0 saturated carbocycles. The van der Waals surface area contributed by atoms with Gasteiger partial charge in [-0.15, -0.1) is 11.3 Å². The van der Waals surface area contributed by atoms with Gasteiger partial charge in [0.2, 0.25) is 11.8 Å². The third-order valence-corrected chi connectivity index (χ3v) is 5.58. The van der Waals surface area contributed by atoms with Crippen LogP contribution in [0.2, 0.25) is 0 Å². The number of thiazole rings is 1. The van der Waals surface area contributed by atoms with Crippen molar-refractivity contribution in [3.8, 4) is 0 Å². The van der Waals surface area contributed by atoms with Crippen molar-refractivity contribution in [2.45, 2.75) is 25.9 Å². The summed E-state index contributed by atoms with van der Waals surface area (Å²) in [6, 6.07) is 4.74. The lowest BCUT2D eigenvalue weighted by atomic mass is 9.96. The monoisotopic (exact) mass is 426 g/mol. The van der Waals surface area contributed by atoms with Crippen molar-refractivity contribution in [1.82, 2.24) is 9.88 Å². The highest BCUT2D eigenvalue weighted by Gasteiger charge is 2.31. The van der Waals surface area contributed by atoms with Gasteiger partial charge in [-0.3, -0.25) is 9.59 Å². The molecule has 0 atom stereocenters. The number of carbonyl (C=O) groups excluding carboxylic acids is 2. The zero-order valence-electron chi connectivity index (χ0n) is 15.8. The van der Waals surface area contributed by atoms with Crippen LogP contribution in [0.25, 0.3) is 0 Å². The van der Waals surface area contributed by atoms with Crippen LogP contribution in [0.1, 0.15) is 24.1 Å². The van der Waals surface area contributed by atoms with E-state index < -0.39 is 11.7 Å². The molecule has 156 valence electrons. The number of nitrogens with zero attached hydrogens (tertiary/aromatic N) is 2. The van der Waals surface area contributed by atoms with E-state index in [1.54, 1.807) is 4.90 Å². The second kappa shape index (κ2) is 8.81. The second-order valence-corrected chi connectivity index (χ2v) is 7.73. The molecular weight excluding hydrogens is 405 g/mol.